The standard InChI is InChI=1S/C14H22O3/c1-11(17-14-9-4-10-16-14)5-2-6-12-7-3-8-13(12)15/h2,5,11-12,14H,3-4,6-10H2,1H3/b5-2+. The monoisotopic (exact) mass is 238 g/mol. The van der Waals surface area contributed by atoms with E-state index in [1.807, 2.05) is 13.0 Å². The second kappa shape index (κ2) is 6.31. The minimum atomic E-state index is -0.0252. The van der Waals surface area contributed by atoms with Crippen molar-refractivity contribution in [1.82, 2.24) is 0 Å². The molecule has 17 heavy (non-hydrogen) atoms. The van der Waals surface area contributed by atoms with Gasteiger partial charge in [-0.05, 0) is 32.6 Å². The maximum atomic E-state index is 11.4. The molecule has 0 aromatic heterocycles. The van der Waals surface area contributed by atoms with Gasteiger partial charge in [0, 0.05) is 25.4 Å². The molecule has 0 aromatic carbocycles. The number of hydrogen-bond acceptors (Lipinski definition) is 3. The van der Waals surface area contributed by atoms with Crippen molar-refractivity contribution >= 4 is 5.78 Å². The van der Waals surface area contributed by atoms with Crippen molar-refractivity contribution in [3.05, 3.63) is 12.2 Å². The summed E-state index contributed by atoms with van der Waals surface area (Å²) in [5, 5.41) is 0. The summed E-state index contributed by atoms with van der Waals surface area (Å²) in [6.45, 7) is 2.84. The van der Waals surface area contributed by atoms with Crippen molar-refractivity contribution in [3.8, 4) is 0 Å². The number of allylic oxidation sites excluding steroid dienone is 1. The average molecular weight is 238 g/mol. The van der Waals surface area contributed by atoms with E-state index in [0.29, 0.717) is 5.78 Å². The van der Waals surface area contributed by atoms with Crippen LogP contribution in [-0.4, -0.2) is 24.8 Å². The first-order valence-electron chi connectivity index (χ1n) is 6.72. The van der Waals surface area contributed by atoms with Crippen molar-refractivity contribution in [2.75, 3.05) is 6.61 Å². The summed E-state index contributed by atoms with van der Waals surface area (Å²) in [7, 11) is 0. The zero-order chi connectivity index (χ0) is 12.1. The van der Waals surface area contributed by atoms with Gasteiger partial charge in [0.15, 0.2) is 6.29 Å². The highest BCUT2D eigenvalue weighted by molar-refractivity contribution is 5.82. The van der Waals surface area contributed by atoms with E-state index in [4.69, 9.17) is 9.47 Å². The maximum absolute atomic E-state index is 11.4. The van der Waals surface area contributed by atoms with Gasteiger partial charge in [-0.15, -0.1) is 0 Å². The SMILES string of the molecule is CC(/C=C/CC1CCCC1=O)OC1CCCO1. The lowest BCUT2D eigenvalue weighted by atomic mass is 10.0. The van der Waals surface area contributed by atoms with Crippen LogP contribution in [0.5, 0.6) is 0 Å². The summed E-state index contributed by atoms with van der Waals surface area (Å²) < 4.78 is 11.1. The van der Waals surface area contributed by atoms with Crippen molar-refractivity contribution in [2.24, 2.45) is 5.92 Å². The molecule has 0 amide bonds. The summed E-state index contributed by atoms with van der Waals surface area (Å²) in [6.07, 6.45) is 10.1. The number of ketones is 1. The van der Waals surface area contributed by atoms with Crippen LogP contribution in [0, 0.1) is 5.92 Å². The Morgan fingerprint density at radius 2 is 2.35 bits per heavy atom. The number of hydrogen-bond donors (Lipinski definition) is 0. The maximum Gasteiger partial charge on any atom is 0.158 e. The molecule has 96 valence electrons. The molecule has 0 aromatic rings. The molecule has 1 saturated heterocycles. The third-order valence-electron chi connectivity index (χ3n) is 3.51. The van der Waals surface area contributed by atoms with E-state index in [9.17, 15) is 4.79 Å². The Morgan fingerprint density at radius 1 is 1.47 bits per heavy atom. The summed E-state index contributed by atoms with van der Waals surface area (Å²) in [4.78, 5) is 11.4. The summed E-state index contributed by atoms with van der Waals surface area (Å²) in [5.41, 5.74) is 0. The zero-order valence-electron chi connectivity index (χ0n) is 10.6. The lowest BCUT2D eigenvalue weighted by molar-refractivity contribution is -0.127. The fraction of sp³-hybridized carbons (Fsp3) is 0.786. The first-order valence-corrected chi connectivity index (χ1v) is 6.72. The van der Waals surface area contributed by atoms with Gasteiger partial charge in [-0.2, -0.15) is 0 Å². The Hall–Kier alpha value is -0.670. The van der Waals surface area contributed by atoms with Gasteiger partial charge in [-0.25, -0.2) is 0 Å². The van der Waals surface area contributed by atoms with E-state index in [1.165, 1.54) is 0 Å². The summed E-state index contributed by atoms with van der Waals surface area (Å²) in [6, 6.07) is 0. The average Bonchev–Trinajstić information content (AvgIpc) is 2.91. The van der Waals surface area contributed by atoms with Crippen LogP contribution >= 0.6 is 0 Å². The molecule has 0 N–H and O–H groups in total. The van der Waals surface area contributed by atoms with Crippen molar-refractivity contribution in [2.45, 2.75) is 57.8 Å². The predicted molar refractivity (Wildman–Crippen MR) is 65.6 cm³/mol. The first kappa shape index (κ1) is 12.8. The molecule has 0 radical (unpaired) electrons. The van der Waals surface area contributed by atoms with Gasteiger partial charge in [0.25, 0.3) is 0 Å². The second-order valence-corrected chi connectivity index (χ2v) is 5.00. The predicted octanol–water partition coefficient (Wildman–Crippen LogP) is 2.84. The Bertz CT molecular complexity index is 279. The van der Waals surface area contributed by atoms with E-state index in [0.717, 1.165) is 45.1 Å². The summed E-state index contributed by atoms with van der Waals surface area (Å²) >= 11 is 0. The Morgan fingerprint density at radius 3 is 3.00 bits per heavy atom. The molecular weight excluding hydrogens is 216 g/mol. The molecular formula is C14H22O3. The Labute approximate surface area is 103 Å². The Kier molecular flexibility index (Phi) is 4.75. The molecule has 0 bridgehead atoms. The van der Waals surface area contributed by atoms with E-state index in [-0.39, 0.29) is 18.3 Å². The van der Waals surface area contributed by atoms with Crippen LogP contribution in [0.2, 0.25) is 0 Å². The zero-order valence-corrected chi connectivity index (χ0v) is 10.6. The first-order chi connectivity index (χ1) is 8.25. The number of Topliss-reactive ketones (excluding diaryl/α,β-unsaturated/α-hetero) is 1. The van der Waals surface area contributed by atoms with E-state index >= 15 is 0 Å². The van der Waals surface area contributed by atoms with Crippen molar-refractivity contribution < 1.29 is 14.3 Å². The lowest BCUT2D eigenvalue weighted by Crippen LogP contribution is -2.17. The molecule has 1 aliphatic heterocycles. The van der Waals surface area contributed by atoms with E-state index < -0.39 is 0 Å². The molecule has 0 spiro atoms. The molecule has 3 nitrogen and oxygen atoms in total. The van der Waals surface area contributed by atoms with Gasteiger partial charge in [-0.1, -0.05) is 12.2 Å². The van der Waals surface area contributed by atoms with Gasteiger partial charge in [0.1, 0.15) is 5.78 Å². The van der Waals surface area contributed by atoms with E-state index in [2.05, 4.69) is 6.08 Å². The molecule has 3 heteroatoms. The molecule has 1 saturated carbocycles. The van der Waals surface area contributed by atoms with E-state index in [1.54, 1.807) is 0 Å². The smallest absolute Gasteiger partial charge is 0.158 e. The minimum absolute atomic E-state index is 0.0252. The number of rotatable bonds is 5. The molecule has 1 aliphatic carbocycles. The quantitative estimate of drug-likeness (QED) is 0.691. The van der Waals surface area contributed by atoms with Crippen LogP contribution in [-0.2, 0) is 14.3 Å². The summed E-state index contributed by atoms with van der Waals surface area (Å²) in [5.74, 6) is 0.698. The number of ether oxygens (including phenoxy) is 2. The third-order valence-corrected chi connectivity index (χ3v) is 3.51. The minimum Gasteiger partial charge on any atom is -0.353 e. The third kappa shape index (κ3) is 3.93. The molecule has 2 rings (SSSR count). The van der Waals surface area contributed by atoms with Gasteiger partial charge in [0.2, 0.25) is 0 Å². The fourth-order valence-corrected chi connectivity index (χ4v) is 2.51. The van der Waals surface area contributed by atoms with Crippen molar-refractivity contribution in [3.63, 3.8) is 0 Å². The number of carbonyl (C=O) groups excluding carboxylic acids is 1. The van der Waals surface area contributed by atoms with Crippen LogP contribution < -0.4 is 0 Å². The van der Waals surface area contributed by atoms with Gasteiger partial charge in [0.05, 0.1) is 6.10 Å². The molecule has 3 atom stereocenters. The fourth-order valence-electron chi connectivity index (χ4n) is 2.51. The lowest BCUT2D eigenvalue weighted by Gasteiger charge is -2.15. The highest BCUT2D eigenvalue weighted by Crippen LogP contribution is 2.24. The highest BCUT2D eigenvalue weighted by atomic mass is 16.7. The second-order valence-electron chi connectivity index (χ2n) is 5.00. The van der Waals surface area contributed by atoms with Gasteiger partial charge < -0.3 is 9.47 Å². The molecule has 3 unspecified atom stereocenters. The van der Waals surface area contributed by atoms with Crippen LogP contribution in [0.4, 0.5) is 0 Å². The van der Waals surface area contributed by atoms with Crippen molar-refractivity contribution in [1.29, 1.82) is 0 Å². The molecule has 1 heterocycles. The number of carbonyl (C=O) groups is 1. The normalized spacial score (nSPS) is 31.5. The van der Waals surface area contributed by atoms with Crippen LogP contribution in [0.25, 0.3) is 0 Å². The molecule has 2 fully saturated rings. The van der Waals surface area contributed by atoms with Crippen LogP contribution in [0.15, 0.2) is 12.2 Å². The van der Waals surface area contributed by atoms with Gasteiger partial charge >= 0.3 is 0 Å². The van der Waals surface area contributed by atoms with Gasteiger partial charge in [-0.3, -0.25) is 4.79 Å². The Balaban J connectivity index is 1.66. The largest absolute Gasteiger partial charge is 0.353 e. The van der Waals surface area contributed by atoms with Crippen LogP contribution in [0.3, 0.4) is 0 Å². The molecule has 2 aliphatic rings. The topological polar surface area (TPSA) is 35.5 Å². The highest BCUT2D eigenvalue weighted by Gasteiger charge is 2.23. The van der Waals surface area contributed by atoms with Crippen LogP contribution in [0.1, 0.15) is 45.4 Å².